The maximum atomic E-state index is 14.2. The van der Waals surface area contributed by atoms with Crippen LogP contribution >= 0.6 is 0 Å². The zero-order valence-corrected chi connectivity index (χ0v) is 18.9. The Balaban J connectivity index is 1.42. The van der Waals surface area contributed by atoms with Gasteiger partial charge in [-0.15, -0.1) is 0 Å². The largest absolute Gasteiger partial charge is 0.379 e. The Morgan fingerprint density at radius 3 is 2.42 bits per heavy atom. The highest BCUT2D eigenvalue weighted by Gasteiger charge is 2.40. The number of fused-ring (bicyclic) bond motifs is 1. The average Bonchev–Trinajstić information content (AvgIpc) is 3.21. The number of carbonyl (C=O) groups excluding carboxylic acids is 1. The number of nitrogens with zero attached hydrogens (tertiary/aromatic N) is 3. The Labute approximate surface area is 194 Å². The summed E-state index contributed by atoms with van der Waals surface area (Å²) in [6.45, 7) is 4.54. The van der Waals surface area contributed by atoms with Gasteiger partial charge in [0.05, 0.1) is 18.6 Å². The van der Waals surface area contributed by atoms with Crippen LogP contribution in [0, 0.1) is 5.92 Å². The lowest BCUT2D eigenvalue weighted by atomic mass is 9.75. The molecule has 33 heavy (non-hydrogen) atoms. The van der Waals surface area contributed by atoms with E-state index in [1.54, 1.807) is 0 Å². The maximum Gasteiger partial charge on any atom is 0.237 e. The minimum atomic E-state index is -0.757. The highest BCUT2D eigenvalue weighted by Crippen LogP contribution is 2.34. The van der Waals surface area contributed by atoms with Crippen molar-refractivity contribution in [2.75, 3.05) is 26.3 Å². The van der Waals surface area contributed by atoms with E-state index in [0.29, 0.717) is 26.3 Å². The van der Waals surface area contributed by atoms with E-state index in [-0.39, 0.29) is 11.8 Å². The summed E-state index contributed by atoms with van der Waals surface area (Å²) in [6, 6.07) is 24.4. The van der Waals surface area contributed by atoms with Crippen molar-refractivity contribution in [1.29, 1.82) is 0 Å². The van der Waals surface area contributed by atoms with E-state index in [2.05, 4.69) is 41.5 Å². The van der Waals surface area contributed by atoms with Crippen molar-refractivity contribution in [2.24, 2.45) is 5.92 Å². The van der Waals surface area contributed by atoms with Crippen LogP contribution in [0.15, 0.2) is 91.4 Å². The Morgan fingerprint density at radius 2 is 1.73 bits per heavy atom. The van der Waals surface area contributed by atoms with E-state index in [9.17, 15) is 4.79 Å². The first-order valence-electron chi connectivity index (χ1n) is 11.5. The van der Waals surface area contributed by atoms with Gasteiger partial charge >= 0.3 is 0 Å². The van der Waals surface area contributed by atoms with Gasteiger partial charge in [-0.3, -0.25) is 4.79 Å². The molecule has 1 aliphatic rings. The fourth-order valence-electron chi connectivity index (χ4n) is 4.88. The van der Waals surface area contributed by atoms with Crippen LogP contribution in [0.2, 0.25) is 0 Å². The van der Waals surface area contributed by atoms with E-state index in [1.165, 1.54) is 5.56 Å². The van der Waals surface area contributed by atoms with Gasteiger partial charge in [0, 0.05) is 37.6 Å². The predicted molar refractivity (Wildman–Crippen MR) is 129 cm³/mol. The summed E-state index contributed by atoms with van der Waals surface area (Å²) in [7, 11) is 0. The normalized spacial score (nSPS) is 17.1. The van der Waals surface area contributed by atoms with E-state index in [4.69, 9.17) is 4.74 Å². The third-order valence-electron chi connectivity index (χ3n) is 6.73. The molecule has 1 amide bonds. The number of benzene rings is 2. The van der Waals surface area contributed by atoms with E-state index < -0.39 is 5.41 Å². The van der Waals surface area contributed by atoms with Crippen LogP contribution in [-0.4, -0.2) is 46.5 Å². The topological polar surface area (TPSA) is 46.8 Å². The third kappa shape index (κ3) is 4.29. The summed E-state index contributed by atoms with van der Waals surface area (Å²) in [5.74, 6) is 0.355. The SMILES string of the molecule is CC(C(=O)N1CCOCC(Cc2ccc3nccn3c2)C1)(c1ccccc1)c1ccccc1. The Bertz CT molecular complexity index is 1180. The number of hydrogen-bond donors (Lipinski definition) is 0. The third-order valence-corrected chi connectivity index (χ3v) is 6.73. The number of aromatic nitrogens is 2. The van der Waals surface area contributed by atoms with Crippen molar-refractivity contribution in [3.05, 3.63) is 108 Å². The van der Waals surface area contributed by atoms with Crippen LogP contribution in [-0.2, 0) is 21.4 Å². The Morgan fingerprint density at radius 1 is 1.03 bits per heavy atom. The molecule has 3 heterocycles. The lowest BCUT2D eigenvalue weighted by Gasteiger charge is -2.36. The minimum absolute atomic E-state index is 0.125. The average molecular weight is 440 g/mol. The molecule has 0 saturated carbocycles. The molecular weight excluding hydrogens is 410 g/mol. The predicted octanol–water partition coefficient (Wildman–Crippen LogP) is 4.36. The van der Waals surface area contributed by atoms with Crippen molar-refractivity contribution in [2.45, 2.75) is 18.8 Å². The highest BCUT2D eigenvalue weighted by atomic mass is 16.5. The van der Waals surface area contributed by atoms with E-state index in [0.717, 1.165) is 23.2 Å². The summed E-state index contributed by atoms with van der Waals surface area (Å²) in [6.07, 6.45) is 6.74. The number of hydrogen-bond acceptors (Lipinski definition) is 3. The number of ether oxygens (including phenoxy) is 1. The molecule has 1 unspecified atom stereocenters. The number of imidazole rings is 1. The minimum Gasteiger partial charge on any atom is -0.379 e. The second-order valence-corrected chi connectivity index (χ2v) is 8.98. The van der Waals surface area contributed by atoms with Crippen LogP contribution in [0.1, 0.15) is 23.6 Å². The molecule has 1 fully saturated rings. The van der Waals surface area contributed by atoms with Crippen molar-refractivity contribution < 1.29 is 9.53 Å². The Hall–Kier alpha value is -3.44. The van der Waals surface area contributed by atoms with Gasteiger partial charge < -0.3 is 14.0 Å². The van der Waals surface area contributed by atoms with Gasteiger partial charge in [-0.2, -0.15) is 0 Å². The fourth-order valence-corrected chi connectivity index (χ4v) is 4.88. The number of rotatable bonds is 5. The molecule has 168 valence electrons. The molecule has 5 heteroatoms. The molecule has 0 radical (unpaired) electrons. The van der Waals surface area contributed by atoms with Gasteiger partial charge in [-0.05, 0) is 36.1 Å². The van der Waals surface area contributed by atoms with E-state index >= 15 is 0 Å². The number of pyridine rings is 1. The lowest BCUT2D eigenvalue weighted by molar-refractivity contribution is -0.135. The molecule has 1 atom stereocenters. The van der Waals surface area contributed by atoms with Crippen molar-refractivity contribution >= 4 is 11.6 Å². The molecule has 5 nitrogen and oxygen atoms in total. The first-order chi connectivity index (χ1) is 16.1. The van der Waals surface area contributed by atoms with Crippen molar-refractivity contribution in [1.82, 2.24) is 14.3 Å². The monoisotopic (exact) mass is 439 g/mol. The van der Waals surface area contributed by atoms with Crippen LogP contribution < -0.4 is 0 Å². The summed E-state index contributed by atoms with van der Waals surface area (Å²) in [4.78, 5) is 20.5. The highest BCUT2D eigenvalue weighted by molar-refractivity contribution is 5.91. The fraction of sp³-hybridized carbons (Fsp3) is 0.286. The molecule has 0 aliphatic carbocycles. The second kappa shape index (κ2) is 9.20. The zero-order chi connectivity index (χ0) is 22.7. The first-order valence-corrected chi connectivity index (χ1v) is 11.5. The summed E-state index contributed by atoms with van der Waals surface area (Å²) in [5.41, 5.74) is 3.42. The van der Waals surface area contributed by atoms with Gasteiger partial charge in [0.2, 0.25) is 5.91 Å². The van der Waals surface area contributed by atoms with Crippen LogP contribution in [0.25, 0.3) is 5.65 Å². The van der Waals surface area contributed by atoms with Gasteiger partial charge in [0.25, 0.3) is 0 Å². The van der Waals surface area contributed by atoms with Crippen LogP contribution in [0.5, 0.6) is 0 Å². The number of amides is 1. The number of carbonyl (C=O) groups is 1. The summed E-state index contributed by atoms with van der Waals surface area (Å²) in [5, 5.41) is 0. The first kappa shape index (κ1) is 21.4. The molecule has 2 aromatic heterocycles. The molecule has 4 aromatic rings. The van der Waals surface area contributed by atoms with Gasteiger partial charge in [0.15, 0.2) is 0 Å². The van der Waals surface area contributed by atoms with Gasteiger partial charge in [-0.1, -0.05) is 66.7 Å². The smallest absolute Gasteiger partial charge is 0.237 e. The molecule has 5 rings (SSSR count). The summed E-state index contributed by atoms with van der Waals surface area (Å²) >= 11 is 0. The van der Waals surface area contributed by atoms with Gasteiger partial charge in [0.1, 0.15) is 5.65 Å². The molecule has 2 aromatic carbocycles. The zero-order valence-electron chi connectivity index (χ0n) is 18.9. The molecule has 1 saturated heterocycles. The molecular formula is C28H29N3O2. The molecule has 1 aliphatic heterocycles. The molecule has 0 bridgehead atoms. The molecule has 0 N–H and O–H groups in total. The molecule has 0 spiro atoms. The summed E-state index contributed by atoms with van der Waals surface area (Å²) < 4.78 is 7.98. The quantitative estimate of drug-likeness (QED) is 0.464. The van der Waals surface area contributed by atoms with Crippen LogP contribution in [0.3, 0.4) is 0 Å². The van der Waals surface area contributed by atoms with Gasteiger partial charge in [-0.25, -0.2) is 4.98 Å². The second-order valence-electron chi connectivity index (χ2n) is 8.98. The lowest BCUT2D eigenvalue weighted by Crippen LogP contribution is -2.48. The standard InChI is InChI=1S/C28H29N3O2/c1-28(24-8-4-2-5-9-24,25-10-6-3-7-11-25)27(32)31-16-17-33-21-23(20-31)18-22-12-13-26-29-14-15-30(26)19-22/h2-15,19,23H,16-18,20-21H2,1H3. The Kier molecular flexibility index (Phi) is 5.97. The van der Waals surface area contributed by atoms with Crippen LogP contribution in [0.4, 0.5) is 0 Å². The maximum absolute atomic E-state index is 14.2. The van der Waals surface area contributed by atoms with E-state index in [1.807, 2.05) is 71.1 Å². The van der Waals surface area contributed by atoms with Crippen molar-refractivity contribution in [3.8, 4) is 0 Å². The van der Waals surface area contributed by atoms with Crippen molar-refractivity contribution in [3.63, 3.8) is 0 Å².